The van der Waals surface area contributed by atoms with Crippen LogP contribution in [-0.2, 0) is 16.4 Å². The van der Waals surface area contributed by atoms with Crippen LogP contribution in [0, 0.1) is 11.2 Å². The van der Waals surface area contributed by atoms with Crippen LogP contribution in [-0.4, -0.2) is 8.42 Å². The molecule has 1 atom stereocenters. The van der Waals surface area contributed by atoms with Crippen molar-refractivity contribution in [2.45, 2.75) is 31.2 Å². The molecule has 0 aromatic heterocycles. The lowest BCUT2D eigenvalue weighted by atomic mass is 9.72. The fourth-order valence-corrected chi connectivity index (χ4v) is 5.06. The Morgan fingerprint density at radius 1 is 1.00 bits per heavy atom. The average Bonchev–Trinajstić information content (AvgIpc) is 2.67. The number of hydrogen-bond donors (Lipinski definition) is 2. The van der Waals surface area contributed by atoms with Crippen LogP contribution in [0.4, 0.5) is 15.8 Å². The van der Waals surface area contributed by atoms with Crippen molar-refractivity contribution in [3.63, 3.8) is 0 Å². The molecule has 150 valence electrons. The first-order chi connectivity index (χ1) is 13.8. The molecule has 29 heavy (non-hydrogen) atoms. The first-order valence-corrected chi connectivity index (χ1v) is 11.0. The van der Waals surface area contributed by atoms with Gasteiger partial charge in [0.2, 0.25) is 0 Å². The van der Waals surface area contributed by atoms with Crippen molar-refractivity contribution in [2.24, 2.45) is 5.41 Å². The van der Waals surface area contributed by atoms with Crippen molar-refractivity contribution >= 4 is 21.4 Å². The van der Waals surface area contributed by atoms with Crippen LogP contribution in [0.25, 0.3) is 0 Å². The molecule has 1 aliphatic rings. The lowest BCUT2D eigenvalue weighted by Crippen LogP contribution is -2.35. The minimum atomic E-state index is -3.91. The van der Waals surface area contributed by atoms with E-state index < -0.39 is 15.8 Å². The van der Waals surface area contributed by atoms with E-state index in [0.29, 0.717) is 5.69 Å². The molecule has 1 unspecified atom stereocenters. The highest BCUT2D eigenvalue weighted by Crippen LogP contribution is 2.46. The molecule has 3 aromatic rings. The maximum Gasteiger partial charge on any atom is 0.262 e. The van der Waals surface area contributed by atoms with Crippen molar-refractivity contribution in [1.82, 2.24) is 0 Å². The van der Waals surface area contributed by atoms with Crippen LogP contribution >= 0.6 is 0 Å². The minimum Gasteiger partial charge on any atom is -0.377 e. The summed E-state index contributed by atoms with van der Waals surface area (Å²) in [5.74, 6) is -0.590. The van der Waals surface area contributed by atoms with E-state index in [1.165, 1.54) is 23.8 Å². The zero-order valence-corrected chi connectivity index (χ0v) is 17.1. The van der Waals surface area contributed by atoms with Gasteiger partial charge in [0.25, 0.3) is 10.0 Å². The Morgan fingerprint density at radius 2 is 1.72 bits per heavy atom. The normalized spacial score (nSPS) is 17.8. The molecule has 4 rings (SSSR count). The van der Waals surface area contributed by atoms with E-state index in [-0.39, 0.29) is 16.4 Å². The van der Waals surface area contributed by atoms with Gasteiger partial charge < -0.3 is 5.32 Å². The van der Waals surface area contributed by atoms with Crippen molar-refractivity contribution in [2.75, 3.05) is 10.0 Å². The van der Waals surface area contributed by atoms with Gasteiger partial charge in [-0.3, -0.25) is 4.72 Å². The van der Waals surface area contributed by atoms with E-state index >= 15 is 0 Å². The van der Waals surface area contributed by atoms with E-state index in [1.807, 2.05) is 30.3 Å². The third-order valence-electron chi connectivity index (χ3n) is 5.37. The first-order valence-electron chi connectivity index (χ1n) is 9.48. The molecule has 0 aliphatic carbocycles. The first kappa shape index (κ1) is 19.5. The van der Waals surface area contributed by atoms with Gasteiger partial charge in [0.05, 0.1) is 16.6 Å². The molecule has 4 nitrogen and oxygen atoms in total. The molecule has 6 heteroatoms. The molecule has 1 heterocycles. The average molecular weight is 411 g/mol. The van der Waals surface area contributed by atoms with Gasteiger partial charge in [0.1, 0.15) is 5.82 Å². The summed E-state index contributed by atoms with van der Waals surface area (Å²) in [6.07, 6.45) is 0.867. The summed E-state index contributed by atoms with van der Waals surface area (Å²) in [6, 6.07) is 20.4. The van der Waals surface area contributed by atoms with Gasteiger partial charge in [-0.1, -0.05) is 56.3 Å². The van der Waals surface area contributed by atoms with E-state index in [4.69, 9.17) is 0 Å². The Kier molecular flexibility index (Phi) is 4.82. The SMILES string of the molecule is CC1(C)Cc2ccccc2NC1c1ccccc1NS(=O)(=O)c1cccc(F)c1. The fourth-order valence-electron chi connectivity index (χ4n) is 3.94. The number of sulfonamides is 1. The Bertz CT molecular complexity index is 1160. The highest BCUT2D eigenvalue weighted by atomic mass is 32.2. The molecular formula is C23H23FN2O2S. The highest BCUT2D eigenvalue weighted by Gasteiger charge is 2.37. The van der Waals surface area contributed by atoms with Crippen molar-refractivity contribution in [3.8, 4) is 0 Å². The smallest absolute Gasteiger partial charge is 0.262 e. The standard InChI is InChI=1S/C23H23FN2O2S/c1-23(2)15-16-8-3-5-12-20(16)25-22(23)19-11-4-6-13-21(19)26-29(27,28)18-10-7-9-17(24)14-18/h3-14,22,25-26H,15H2,1-2H3. The van der Waals surface area contributed by atoms with Crippen LogP contribution in [0.5, 0.6) is 0 Å². The van der Waals surface area contributed by atoms with Crippen molar-refractivity contribution in [3.05, 3.63) is 89.7 Å². The van der Waals surface area contributed by atoms with Crippen LogP contribution in [0.15, 0.2) is 77.7 Å². The number of nitrogens with one attached hydrogen (secondary N) is 2. The molecule has 0 spiro atoms. The molecule has 0 saturated heterocycles. The van der Waals surface area contributed by atoms with Gasteiger partial charge in [-0.15, -0.1) is 0 Å². The molecule has 0 bridgehead atoms. The summed E-state index contributed by atoms with van der Waals surface area (Å²) in [5.41, 5.74) is 3.49. The van der Waals surface area contributed by atoms with Gasteiger partial charge in [-0.05, 0) is 53.3 Å². The predicted molar refractivity (Wildman–Crippen MR) is 114 cm³/mol. The van der Waals surface area contributed by atoms with E-state index in [2.05, 4.69) is 30.0 Å². The number of benzene rings is 3. The van der Waals surface area contributed by atoms with Crippen LogP contribution < -0.4 is 10.0 Å². The second kappa shape index (κ2) is 7.19. The third-order valence-corrected chi connectivity index (χ3v) is 6.73. The maximum absolute atomic E-state index is 13.5. The maximum atomic E-state index is 13.5. The fraction of sp³-hybridized carbons (Fsp3) is 0.217. The molecule has 0 amide bonds. The molecule has 1 aliphatic heterocycles. The number of halogens is 1. The molecule has 0 saturated carbocycles. The molecule has 2 N–H and O–H groups in total. The Labute approximate surface area is 170 Å². The van der Waals surface area contributed by atoms with Gasteiger partial charge in [-0.25, -0.2) is 12.8 Å². The van der Waals surface area contributed by atoms with Gasteiger partial charge in [-0.2, -0.15) is 0 Å². The molecule has 0 radical (unpaired) electrons. The molecule has 0 fully saturated rings. The quantitative estimate of drug-likeness (QED) is 0.609. The second-order valence-electron chi connectivity index (χ2n) is 8.05. The predicted octanol–water partition coefficient (Wildman–Crippen LogP) is 5.36. The lowest BCUT2D eigenvalue weighted by Gasteiger charge is -2.42. The molecular weight excluding hydrogens is 387 g/mol. The van der Waals surface area contributed by atoms with Crippen LogP contribution in [0.2, 0.25) is 0 Å². The number of para-hydroxylation sites is 2. The third kappa shape index (κ3) is 3.85. The number of hydrogen-bond acceptors (Lipinski definition) is 3. The summed E-state index contributed by atoms with van der Waals surface area (Å²) >= 11 is 0. The van der Waals surface area contributed by atoms with E-state index in [1.54, 1.807) is 12.1 Å². The number of anilines is 2. The summed E-state index contributed by atoms with van der Waals surface area (Å²) in [5, 5.41) is 3.58. The van der Waals surface area contributed by atoms with E-state index in [9.17, 15) is 12.8 Å². The summed E-state index contributed by atoms with van der Waals surface area (Å²) in [4.78, 5) is -0.103. The van der Waals surface area contributed by atoms with Crippen LogP contribution in [0.1, 0.15) is 31.0 Å². The summed E-state index contributed by atoms with van der Waals surface area (Å²) < 4.78 is 41.9. The van der Waals surface area contributed by atoms with Gasteiger partial charge in [0.15, 0.2) is 0 Å². The number of rotatable bonds is 4. The summed E-state index contributed by atoms with van der Waals surface area (Å²) in [6.45, 7) is 4.33. The minimum absolute atomic E-state index is 0.0937. The van der Waals surface area contributed by atoms with Gasteiger partial charge >= 0.3 is 0 Å². The Morgan fingerprint density at radius 3 is 2.52 bits per heavy atom. The Balaban J connectivity index is 1.72. The number of fused-ring (bicyclic) bond motifs is 1. The zero-order chi connectivity index (χ0) is 20.6. The van der Waals surface area contributed by atoms with E-state index in [0.717, 1.165) is 23.7 Å². The van der Waals surface area contributed by atoms with Crippen molar-refractivity contribution in [1.29, 1.82) is 0 Å². The topological polar surface area (TPSA) is 58.2 Å². The Hall–Kier alpha value is -2.86. The zero-order valence-electron chi connectivity index (χ0n) is 16.3. The lowest BCUT2D eigenvalue weighted by molar-refractivity contribution is 0.295. The van der Waals surface area contributed by atoms with Crippen molar-refractivity contribution < 1.29 is 12.8 Å². The highest BCUT2D eigenvalue weighted by molar-refractivity contribution is 7.92. The van der Waals surface area contributed by atoms with Gasteiger partial charge in [0, 0.05) is 5.69 Å². The molecule has 3 aromatic carbocycles. The second-order valence-corrected chi connectivity index (χ2v) is 9.73. The van der Waals surface area contributed by atoms with Crippen LogP contribution in [0.3, 0.4) is 0 Å². The summed E-state index contributed by atoms with van der Waals surface area (Å²) in [7, 11) is -3.91. The monoisotopic (exact) mass is 410 g/mol. The largest absolute Gasteiger partial charge is 0.377 e.